The molecule has 0 bridgehead atoms. The molecule has 0 aliphatic rings. The largest absolute Gasteiger partial charge is 0.359 e. The zero-order chi connectivity index (χ0) is 12.5. The molecular weight excluding hydrogens is 269 g/mol. The second-order valence-corrected chi connectivity index (χ2v) is 4.75. The van der Waals surface area contributed by atoms with Crippen molar-refractivity contribution in [3.05, 3.63) is 52.8 Å². The van der Waals surface area contributed by atoms with Crippen LogP contribution in [0, 0.1) is 0 Å². The number of benzene rings is 1. The maximum absolute atomic E-state index is 5.98. The average molecular weight is 278 g/mol. The summed E-state index contributed by atoms with van der Waals surface area (Å²) in [6.45, 7) is 0. The van der Waals surface area contributed by atoms with E-state index in [9.17, 15) is 0 Å². The van der Waals surface area contributed by atoms with Crippen molar-refractivity contribution < 1.29 is 0 Å². The van der Waals surface area contributed by atoms with E-state index in [-0.39, 0.29) is 0 Å². The van der Waals surface area contributed by atoms with Crippen LogP contribution in [0.1, 0.15) is 0 Å². The van der Waals surface area contributed by atoms with E-state index >= 15 is 0 Å². The van der Waals surface area contributed by atoms with E-state index in [0.29, 0.717) is 10.0 Å². The van der Waals surface area contributed by atoms with Gasteiger partial charge in [0.25, 0.3) is 0 Å². The molecule has 2 aromatic heterocycles. The van der Waals surface area contributed by atoms with Gasteiger partial charge in [0.05, 0.1) is 11.4 Å². The minimum absolute atomic E-state index is 0.599. The molecule has 0 aliphatic carbocycles. The molecule has 0 amide bonds. The van der Waals surface area contributed by atoms with Gasteiger partial charge in [0.2, 0.25) is 0 Å². The van der Waals surface area contributed by atoms with Crippen LogP contribution in [0.5, 0.6) is 0 Å². The number of aromatic nitrogens is 3. The Balaban J connectivity index is 2.03. The lowest BCUT2D eigenvalue weighted by Crippen LogP contribution is -1.81. The van der Waals surface area contributed by atoms with Crippen LogP contribution in [-0.4, -0.2) is 15.0 Å². The van der Waals surface area contributed by atoms with Crippen molar-refractivity contribution in [1.29, 1.82) is 0 Å². The van der Waals surface area contributed by atoms with Crippen LogP contribution in [0.3, 0.4) is 0 Å². The lowest BCUT2D eigenvalue weighted by Gasteiger charge is -1.99. The minimum atomic E-state index is 0.599. The van der Waals surface area contributed by atoms with Crippen LogP contribution in [0.15, 0.2) is 42.7 Å². The molecule has 3 aromatic rings. The van der Waals surface area contributed by atoms with Gasteiger partial charge in [-0.15, -0.1) is 0 Å². The van der Waals surface area contributed by atoms with E-state index in [0.717, 1.165) is 22.8 Å². The summed E-state index contributed by atoms with van der Waals surface area (Å²) in [6.07, 6.45) is 3.69. The highest BCUT2D eigenvalue weighted by Crippen LogP contribution is 2.27. The van der Waals surface area contributed by atoms with Crippen molar-refractivity contribution >= 4 is 23.2 Å². The van der Waals surface area contributed by atoms with Crippen LogP contribution >= 0.6 is 23.2 Å². The van der Waals surface area contributed by atoms with Crippen LogP contribution < -0.4 is 0 Å². The molecule has 0 fully saturated rings. The van der Waals surface area contributed by atoms with Crippen LogP contribution in [0.25, 0.3) is 22.8 Å². The molecule has 3 nitrogen and oxygen atoms in total. The van der Waals surface area contributed by atoms with Gasteiger partial charge in [0.15, 0.2) is 5.82 Å². The zero-order valence-corrected chi connectivity index (χ0v) is 10.8. The van der Waals surface area contributed by atoms with Gasteiger partial charge < -0.3 is 9.97 Å². The number of hydrogen-bond acceptors (Lipinski definition) is 1. The Bertz CT molecular complexity index is 651. The number of rotatable bonds is 2. The molecule has 5 heteroatoms. The highest BCUT2D eigenvalue weighted by molar-refractivity contribution is 6.35. The topological polar surface area (TPSA) is 44.5 Å². The number of H-pyrrole nitrogens is 2. The summed E-state index contributed by atoms with van der Waals surface area (Å²) in [6, 6.07) is 9.25. The highest BCUT2D eigenvalue weighted by Gasteiger charge is 2.07. The van der Waals surface area contributed by atoms with Crippen molar-refractivity contribution in [3.8, 4) is 22.8 Å². The Labute approximate surface area is 114 Å². The van der Waals surface area contributed by atoms with Gasteiger partial charge in [0, 0.05) is 28.0 Å². The van der Waals surface area contributed by atoms with Gasteiger partial charge in [-0.3, -0.25) is 0 Å². The molecule has 1 aromatic carbocycles. The summed E-state index contributed by atoms with van der Waals surface area (Å²) >= 11 is 12.0. The summed E-state index contributed by atoms with van der Waals surface area (Å²) in [5.74, 6) is 0.783. The third-order valence-corrected chi connectivity index (χ3v) is 3.03. The van der Waals surface area contributed by atoms with Crippen molar-refractivity contribution in [3.63, 3.8) is 0 Å². The second kappa shape index (κ2) is 4.52. The third-order valence-electron chi connectivity index (χ3n) is 2.59. The third kappa shape index (κ3) is 2.15. The van der Waals surface area contributed by atoms with Gasteiger partial charge in [-0.05, 0) is 30.3 Å². The van der Waals surface area contributed by atoms with Gasteiger partial charge in [-0.1, -0.05) is 23.2 Å². The first kappa shape index (κ1) is 11.4. The Morgan fingerprint density at radius 3 is 2.44 bits per heavy atom. The van der Waals surface area contributed by atoms with Gasteiger partial charge >= 0.3 is 0 Å². The molecule has 3 rings (SSSR count). The van der Waals surface area contributed by atoms with Gasteiger partial charge in [0.1, 0.15) is 0 Å². The van der Waals surface area contributed by atoms with Crippen molar-refractivity contribution in [2.45, 2.75) is 0 Å². The lowest BCUT2D eigenvalue weighted by atomic mass is 10.2. The predicted molar refractivity (Wildman–Crippen MR) is 73.8 cm³/mol. The van der Waals surface area contributed by atoms with Crippen molar-refractivity contribution in [2.24, 2.45) is 0 Å². The molecule has 0 unspecified atom stereocenters. The molecule has 0 aliphatic heterocycles. The lowest BCUT2D eigenvalue weighted by molar-refractivity contribution is 1.26. The number of halogens is 2. The van der Waals surface area contributed by atoms with E-state index in [2.05, 4.69) is 15.0 Å². The summed E-state index contributed by atoms with van der Waals surface area (Å²) in [7, 11) is 0. The fourth-order valence-electron chi connectivity index (χ4n) is 1.79. The smallest absolute Gasteiger partial charge is 0.154 e. The maximum atomic E-state index is 5.98. The van der Waals surface area contributed by atoms with E-state index in [1.807, 2.05) is 36.7 Å². The second-order valence-electron chi connectivity index (χ2n) is 3.88. The van der Waals surface area contributed by atoms with Crippen molar-refractivity contribution in [1.82, 2.24) is 15.0 Å². The SMILES string of the molecule is Clc1cc(Cl)cc(-c2c[nH]c(-c3ccc[nH]3)n2)c1. The number of nitrogens with one attached hydrogen (secondary N) is 2. The highest BCUT2D eigenvalue weighted by atomic mass is 35.5. The quantitative estimate of drug-likeness (QED) is 0.717. The minimum Gasteiger partial charge on any atom is -0.359 e. The molecule has 18 heavy (non-hydrogen) atoms. The summed E-state index contributed by atoms with van der Waals surface area (Å²) < 4.78 is 0. The molecule has 0 radical (unpaired) electrons. The number of nitrogens with zero attached hydrogens (tertiary/aromatic N) is 1. The van der Waals surface area contributed by atoms with Crippen LogP contribution in [0.2, 0.25) is 10.0 Å². The molecule has 0 saturated heterocycles. The predicted octanol–water partition coefficient (Wildman–Crippen LogP) is 4.38. The molecule has 0 spiro atoms. The van der Waals surface area contributed by atoms with E-state index in [1.54, 1.807) is 6.07 Å². The molecule has 0 atom stereocenters. The molecule has 90 valence electrons. The standard InChI is InChI=1S/C13H9Cl2N3/c14-9-4-8(5-10(15)6-9)12-7-17-13(18-12)11-2-1-3-16-11/h1-7,16H,(H,17,18). The average Bonchev–Trinajstić information content (AvgIpc) is 2.99. The van der Waals surface area contributed by atoms with Crippen molar-refractivity contribution in [2.75, 3.05) is 0 Å². The van der Waals surface area contributed by atoms with Gasteiger partial charge in [-0.25, -0.2) is 4.98 Å². The fourth-order valence-corrected chi connectivity index (χ4v) is 2.31. The monoisotopic (exact) mass is 277 g/mol. The Morgan fingerprint density at radius 2 is 1.78 bits per heavy atom. The summed E-state index contributed by atoms with van der Waals surface area (Å²) in [5.41, 5.74) is 2.64. The van der Waals surface area contributed by atoms with Crippen LogP contribution in [-0.2, 0) is 0 Å². The Kier molecular flexibility index (Phi) is 2.86. The summed E-state index contributed by atoms with van der Waals surface area (Å²) in [4.78, 5) is 10.7. The van der Waals surface area contributed by atoms with Gasteiger partial charge in [-0.2, -0.15) is 0 Å². The molecule has 2 heterocycles. The van der Waals surface area contributed by atoms with E-state index in [1.165, 1.54) is 0 Å². The fraction of sp³-hybridized carbons (Fsp3) is 0. The van der Waals surface area contributed by atoms with Crippen LogP contribution in [0.4, 0.5) is 0 Å². The maximum Gasteiger partial charge on any atom is 0.154 e. The first-order chi connectivity index (χ1) is 8.72. The first-order valence-corrected chi connectivity index (χ1v) is 6.13. The Morgan fingerprint density at radius 1 is 1.00 bits per heavy atom. The zero-order valence-electron chi connectivity index (χ0n) is 9.24. The van der Waals surface area contributed by atoms with E-state index < -0.39 is 0 Å². The normalized spacial score (nSPS) is 10.8. The number of aromatic amines is 2. The number of imidazole rings is 1. The Hall–Kier alpha value is -1.71. The number of hydrogen-bond donors (Lipinski definition) is 2. The first-order valence-electron chi connectivity index (χ1n) is 5.38. The van der Waals surface area contributed by atoms with E-state index in [4.69, 9.17) is 23.2 Å². The molecule has 0 saturated carbocycles. The summed E-state index contributed by atoms with van der Waals surface area (Å²) in [5, 5.41) is 1.20. The molecule has 2 N–H and O–H groups in total. The molecular formula is C13H9Cl2N3.